The van der Waals surface area contributed by atoms with Crippen molar-refractivity contribution in [2.75, 3.05) is 13.2 Å². The molecule has 1 aromatic rings. The first kappa shape index (κ1) is 9.49. The Bertz CT molecular complexity index is 347. The van der Waals surface area contributed by atoms with Gasteiger partial charge in [-0.3, -0.25) is 0 Å². The van der Waals surface area contributed by atoms with Gasteiger partial charge in [-0.2, -0.15) is 0 Å². The maximum Gasteiger partial charge on any atom is 0.128 e. The van der Waals surface area contributed by atoms with Crippen molar-refractivity contribution < 1.29 is 9.84 Å². The molecule has 76 valence electrons. The molecule has 0 saturated carbocycles. The maximum atomic E-state index is 10.1. The summed E-state index contributed by atoms with van der Waals surface area (Å²) in [5, 5.41) is 10.1. The molecule has 0 saturated heterocycles. The first-order valence-electron chi connectivity index (χ1n) is 4.83. The van der Waals surface area contributed by atoms with Crippen LogP contribution in [-0.2, 0) is 12.0 Å². The summed E-state index contributed by atoms with van der Waals surface area (Å²) >= 11 is 0. The van der Waals surface area contributed by atoms with E-state index in [9.17, 15) is 5.11 Å². The van der Waals surface area contributed by atoms with Gasteiger partial charge >= 0.3 is 0 Å². The Hall–Kier alpha value is -1.06. The van der Waals surface area contributed by atoms with Crippen molar-refractivity contribution in [3.63, 3.8) is 0 Å². The summed E-state index contributed by atoms with van der Waals surface area (Å²) in [4.78, 5) is 0. The second kappa shape index (κ2) is 3.26. The lowest BCUT2D eigenvalue weighted by Crippen LogP contribution is -2.31. The molecule has 0 bridgehead atoms. The SMILES string of the molecule is CC(O)(CN)c1cccc2c1OCC2. The van der Waals surface area contributed by atoms with E-state index < -0.39 is 5.60 Å². The monoisotopic (exact) mass is 193 g/mol. The van der Waals surface area contributed by atoms with E-state index in [-0.39, 0.29) is 6.54 Å². The first-order valence-corrected chi connectivity index (χ1v) is 4.83. The molecule has 1 aliphatic heterocycles. The number of hydrogen-bond donors (Lipinski definition) is 2. The van der Waals surface area contributed by atoms with E-state index >= 15 is 0 Å². The number of hydrogen-bond acceptors (Lipinski definition) is 3. The van der Waals surface area contributed by atoms with Crippen LogP contribution in [0.15, 0.2) is 18.2 Å². The first-order chi connectivity index (χ1) is 6.65. The van der Waals surface area contributed by atoms with Crippen LogP contribution in [0.4, 0.5) is 0 Å². The fourth-order valence-corrected chi connectivity index (χ4v) is 1.75. The van der Waals surface area contributed by atoms with E-state index in [4.69, 9.17) is 10.5 Å². The van der Waals surface area contributed by atoms with Gasteiger partial charge in [-0.1, -0.05) is 18.2 Å². The quantitative estimate of drug-likeness (QED) is 0.730. The van der Waals surface area contributed by atoms with Crippen LogP contribution in [0.25, 0.3) is 0 Å². The minimum Gasteiger partial charge on any atom is -0.493 e. The van der Waals surface area contributed by atoms with Gasteiger partial charge in [-0.05, 0) is 12.5 Å². The fraction of sp³-hybridized carbons (Fsp3) is 0.455. The van der Waals surface area contributed by atoms with Gasteiger partial charge in [0.2, 0.25) is 0 Å². The molecule has 1 aromatic carbocycles. The van der Waals surface area contributed by atoms with Crippen LogP contribution in [0.1, 0.15) is 18.1 Å². The number of para-hydroxylation sites is 1. The van der Waals surface area contributed by atoms with Crippen molar-refractivity contribution >= 4 is 0 Å². The Labute approximate surface area is 83.5 Å². The van der Waals surface area contributed by atoms with E-state index in [2.05, 4.69) is 0 Å². The topological polar surface area (TPSA) is 55.5 Å². The molecule has 0 aliphatic carbocycles. The van der Waals surface area contributed by atoms with E-state index in [0.717, 1.165) is 23.3 Å². The number of ether oxygens (including phenoxy) is 1. The fourth-order valence-electron chi connectivity index (χ4n) is 1.75. The molecule has 3 heteroatoms. The molecule has 3 nitrogen and oxygen atoms in total. The predicted molar refractivity (Wildman–Crippen MR) is 54.3 cm³/mol. The van der Waals surface area contributed by atoms with Gasteiger partial charge in [-0.15, -0.1) is 0 Å². The average Bonchev–Trinajstić information content (AvgIpc) is 2.64. The predicted octanol–water partition coefficient (Wildman–Crippen LogP) is 0.788. The Kier molecular flexibility index (Phi) is 2.21. The van der Waals surface area contributed by atoms with E-state index in [0.29, 0.717) is 6.61 Å². The minimum atomic E-state index is -0.990. The zero-order valence-electron chi connectivity index (χ0n) is 8.29. The van der Waals surface area contributed by atoms with Crippen LogP contribution in [0.5, 0.6) is 5.75 Å². The van der Waals surface area contributed by atoms with Crippen molar-refractivity contribution in [3.8, 4) is 5.75 Å². The van der Waals surface area contributed by atoms with Crippen molar-refractivity contribution in [2.24, 2.45) is 5.73 Å². The maximum absolute atomic E-state index is 10.1. The van der Waals surface area contributed by atoms with Crippen LogP contribution in [-0.4, -0.2) is 18.3 Å². The van der Waals surface area contributed by atoms with Gasteiger partial charge in [0.1, 0.15) is 11.4 Å². The van der Waals surface area contributed by atoms with Crippen LogP contribution in [0.3, 0.4) is 0 Å². The van der Waals surface area contributed by atoms with Crippen LogP contribution in [0.2, 0.25) is 0 Å². The zero-order valence-corrected chi connectivity index (χ0v) is 8.29. The van der Waals surface area contributed by atoms with Crippen molar-refractivity contribution in [2.45, 2.75) is 18.9 Å². The highest BCUT2D eigenvalue weighted by atomic mass is 16.5. The molecule has 1 unspecified atom stereocenters. The molecular formula is C11H15NO2. The Morgan fingerprint density at radius 2 is 2.36 bits per heavy atom. The van der Waals surface area contributed by atoms with Crippen LogP contribution in [0, 0.1) is 0 Å². The number of aliphatic hydroxyl groups is 1. The summed E-state index contributed by atoms with van der Waals surface area (Å²) in [6, 6.07) is 5.84. The van der Waals surface area contributed by atoms with Gasteiger partial charge in [0.15, 0.2) is 0 Å². The lowest BCUT2D eigenvalue weighted by Gasteiger charge is -2.23. The van der Waals surface area contributed by atoms with Gasteiger partial charge in [0, 0.05) is 18.5 Å². The van der Waals surface area contributed by atoms with E-state index in [1.165, 1.54) is 0 Å². The highest BCUT2D eigenvalue weighted by Gasteiger charge is 2.28. The van der Waals surface area contributed by atoms with Gasteiger partial charge < -0.3 is 15.6 Å². The van der Waals surface area contributed by atoms with Crippen molar-refractivity contribution in [3.05, 3.63) is 29.3 Å². The standard InChI is InChI=1S/C11H15NO2/c1-11(13,7-12)9-4-2-3-8-5-6-14-10(8)9/h2-4,13H,5-7,12H2,1H3. The second-order valence-corrected chi connectivity index (χ2v) is 3.87. The zero-order chi connectivity index (χ0) is 10.2. The molecule has 1 atom stereocenters. The van der Waals surface area contributed by atoms with Crippen LogP contribution < -0.4 is 10.5 Å². The molecule has 0 spiro atoms. The Morgan fingerprint density at radius 3 is 3.07 bits per heavy atom. The number of nitrogens with two attached hydrogens (primary N) is 1. The van der Waals surface area contributed by atoms with Crippen molar-refractivity contribution in [1.82, 2.24) is 0 Å². The summed E-state index contributed by atoms with van der Waals surface area (Å²) in [6.45, 7) is 2.62. The van der Waals surface area contributed by atoms with Crippen LogP contribution >= 0.6 is 0 Å². The highest BCUT2D eigenvalue weighted by Crippen LogP contribution is 2.35. The highest BCUT2D eigenvalue weighted by molar-refractivity contribution is 5.46. The van der Waals surface area contributed by atoms with E-state index in [1.807, 2.05) is 18.2 Å². The molecule has 0 radical (unpaired) electrons. The average molecular weight is 193 g/mol. The summed E-state index contributed by atoms with van der Waals surface area (Å²) in [7, 11) is 0. The molecule has 0 fully saturated rings. The van der Waals surface area contributed by atoms with Gasteiger partial charge in [0.05, 0.1) is 6.61 Å². The molecule has 14 heavy (non-hydrogen) atoms. The third-order valence-corrected chi connectivity index (χ3v) is 2.69. The number of benzene rings is 1. The summed E-state index contributed by atoms with van der Waals surface area (Å²) < 4.78 is 5.50. The molecule has 1 heterocycles. The largest absolute Gasteiger partial charge is 0.493 e. The molecule has 1 aliphatic rings. The third kappa shape index (κ3) is 1.38. The Balaban J connectivity index is 2.49. The molecular weight excluding hydrogens is 178 g/mol. The summed E-state index contributed by atoms with van der Waals surface area (Å²) in [5.41, 5.74) is 6.50. The normalized spacial score (nSPS) is 18.5. The smallest absolute Gasteiger partial charge is 0.128 e. The Morgan fingerprint density at radius 1 is 1.57 bits per heavy atom. The second-order valence-electron chi connectivity index (χ2n) is 3.87. The summed E-state index contributed by atoms with van der Waals surface area (Å²) in [6.07, 6.45) is 0.920. The summed E-state index contributed by atoms with van der Waals surface area (Å²) in [5.74, 6) is 0.822. The lowest BCUT2D eigenvalue weighted by molar-refractivity contribution is 0.0639. The molecule has 2 rings (SSSR count). The third-order valence-electron chi connectivity index (χ3n) is 2.69. The minimum absolute atomic E-state index is 0.201. The molecule has 3 N–H and O–H groups in total. The lowest BCUT2D eigenvalue weighted by atomic mass is 9.93. The van der Waals surface area contributed by atoms with Gasteiger partial charge in [0.25, 0.3) is 0 Å². The molecule has 0 amide bonds. The molecule has 0 aromatic heterocycles. The van der Waals surface area contributed by atoms with Gasteiger partial charge in [-0.25, -0.2) is 0 Å². The number of rotatable bonds is 2. The number of fused-ring (bicyclic) bond motifs is 1. The van der Waals surface area contributed by atoms with E-state index in [1.54, 1.807) is 6.92 Å². The van der Waals surface area contributed by atoms with Crippen molar-refractivity contribution in [1.29, 1.82) is 0 Å².